The van der Waals surface area contributed by atoms with Crippen LogP contribution in [0.15, 0.2) is 72.9 Å². The average Bonchev–Trinajstić information content (AvgIpc) is 3.25. The fourth-order valence-electron chi connectivity index (χ4n) is 6.44. The minimum atomic E-state index is -4.53. The predicted octanol–water partition coefficient (Wildman–Crippen LogP) is 14.1. The van der Waals surface area contributed by atoms with Crippen LogP contribution in [0, 0.1) is 0 Å². The van der Waals surface area contributed by atoms with Crippen molar-refractivity contribution in [2.24, 2.45) is 0 Å². The molecule has 3 atom stereocenters. The predicted molar refractivity (Wildman–Crippen MR) is 256 cm³/mol. The van der Waals surface area contributed by atoms with Crippen LogP contribution in [0.1, 0.15) is 200 Å². The van der Waals surface area contributed by atoms with Crippen molar-refractivity contribution in [3.8, 4) is 0 Å². The van der Waals surface area contributed by atoms with Gasteiger partial charge in [-0.15, -0.1) is 0 Å². The molecule has 0 bridgehead atoms. The van der Waals surface area contributed by atoms with Gasteiger partial charge in [-0.2, -0.15) is 0 Å². The Morgan fingerprint density at radius 2 is 0.934 bits per heavy atom. The molecule has 0 aliphatic heterocycles. The third kappa shape index (κ3) is 47.2. The lowest BCUT2D eigenvalue weighted by atomic mass is 10.1. The number of esters is 1. The first-order chi connectivity index (χ1) is 29.8. The number of carbonyl (C=O) groups excluding carboxylic acids is 1. The van der Waals surface area contributed by atoms with E-state index in [-0.39, 0.29) is 19.6 Å². The lowest BCUT2D eigenvalue weighted by molar-refractivity contribution is -0.154. The van der Waals surface area contributed by atoms with Crippen molar-refractivity contribution < 1.29 is 43.0 Å². The van der Waals surface area contributed by atoms with Crippen LogP contribution in [0.25, 0.3) is 0 Å². The topological polar surface area (TPSA) is 132 Å². The Morgan fingerprint density at radius 1 is 0.525 bits per heavy atom. The van der Waals surface area contributed by atoms with Crippen LogP contribution in [0.2, 0.25) is 0 Å². The van der Waals surface area contributed by atoms with Crippen molar-refractivity contribution >= 4 is 13.8 Å². The van der Waals surface area contributed by atoms with E-state index >= 15 is 0 Å². The Hall–Kier alpha value is -2.10. The summed E-state index contributed by atoms with van der Waals surface area (Å²) in [6.45, 7) is 3.37. The van der Waals surface area contributed by atoms with E-state index < -0.39 is 39.2 Å². The standard InChI is InChI=1S/C51H91O9P/c1-3-5-7-9-11-13-15-17-19-21-22-23-24-25-26-27-28-30-32-34-36-38-40-42-44-57-47-50(48-59-61(55,56)58-46-49(53)45-52)60-51(54)43-41-39-37-35-33-31-29-20-18-16-14-12-10-8-6-4-2/h5,7,11,13-14,16-17,19-20,22-23,29,49-50,52-53H,3-4,6,8-10,12,15,18,21,24-28,30-48H2,1-2H3,(H,55,56)/b7-5-,13-11-,16-14-,19-17-,23-22-,29-20-. The molecule has 3 N–H and O–H groups in total. The zero-order valence-electron chi connectivity index (χ0n) is 38.9. The first kappa shape index (κ1) is 58.9. The first-order valence-electron chi connectivity index (χ1n) is 24.4. The summed E-state index contributed by atoms with van der Waals surface area (Å²) in [7, 11) is -4.53. The molecule has 0 rings (SSSR count). The minimum absolute atomic E-state index is 0.0384. The summed E-state index contributed by atoms with van der Waals surface area (Å²) in [5, 5.41) is 18.4. The molecule has 354 valence electrons. The zero-order valence-corrected chi connectivity index (χ0v) is 39.8. The van der Waals surface area contributed by atoms with E-state index in [1.807, 2.05) is 0 Å². The molecular weight excluding hydrogens is 788 g/mol. The van der Waals surface area contributed by atoms with Crippen molar-refractivity contribution in [1.82, 2.24) is 0 Å². The highest BCUT2D eigenvalue weighted by Crippen LogP contribution is 2.43. The summed E-state index contributed by atoms with van der Waals surface area (Å²) in [5.74, 6) is -0.398. The molecule has 61 heavy (non-hydrogen) atoms. The third-order valence-electron chi connectivity index (χ3n) is 10.1. The summed E-state index contributed by atoms with van der Waals surface area (Å²) in [6, 6.07) is 0. The molecule has 0 aromatic carbocycles. The van der Waals surface area contributed by atoms with Gasteiger partial charge in [-0.1, -0.05) is 183 Å². The number of hydrogen-bond donors (Lipinski definition) is 3. The van der Waals surface area contributed by atoms with Crippen LogP contribution < -0.4 is 0 Å². The normalized spacial score (nSPS) is 14.5. The maximum atomic E-state index is 12.6. The van der Waals surface area contributed by atoms with Gasteiger partial charge in [0.1, 0.15) is 12.2 Å². The molecule has 0 aromatic rings. The molecule has 0 radical (unpaired) electrons. The lowest BCUT2D eigenvalue weighted by Crippen LogP contribution is -2.29. The molecule has 0 fully saturated rings. The van der Waals surface area contributed by atoms with Crippen molar-refractivity contribution in [2.75, 3.05) is 33.0 Å². The number of rotatable bonds is 46. The van der Waals surface area contributed by atoms with Crippen LogP contribution in [0.4, 0.5) is 0 Å². The van der Waals surface area contributed by atoms with Gasteiger partial charge in [0.25, 0.3) is 0 Å². The molecular formula is C51H91O9P. The van der Waals surface area contributed by atoms with Gasteiger partial charge < -0.3 is 24.6 Å². The van der Waals surface area contributed by atoms with Crippen molar-refractivity contribution in [1.29, 1.82) is 0 Å². The second-order valence-electron chi connectivity index (χ2n) is 16.1. The third-order valence-corrected chi connectivity index (χ3v) is 11.1. The molecule has 0 aliphatic carbocycles. The number of unbranched alkanes of at least 4 members (excludes halogenated alkanes) is 20. The Bertz CT molecular complexity index is 1180. The highest BCUT2D eigenvalue weighted by Gasteiger charge is 2.26. The van der Waals surface area contributed by atoms with Gasteiger partial charge >= 0.3 is 13.8 Å². The van der Waals surface area contributed by atoms with Gasteiger partial charge in [0.05, 0.1) is 26.4 Å². The molecule has 10 heteroatoms. The summed E-state index contributed by atoms with van der Waals surface area (Å²) >= 11 is 0. The largest absolute Gasteiger partial charge is 0.472 e. The fourth-order valence-corrected chi connectivity index (χ4v) is 7.23. The number of aliphatic hydroxyl groups is 2. The number of aliphatic hydroxyl groups excluding tert-OH is 2. The molecule has 0 saturated heterocycles. The van der Waals surface area contributed by atoms with Crippen molar-refractivity contribution in [2.45, 2.75) is 212 Å². The average molecular weight is 879 g/mol. The maximum absolute atomic E-state index is 12.6. The van der Waals surface area contributed by atoms with E-state index in [1.54, 1.807) is 0 Å². The van der Waals surface area contributed by atoms with E-state index in [9.17, 15) is 19.4 Å². The van der Waals surface area contributed by atoms with E-state index in [2.05, 4.69) is 86.8 Å². The Labute approximate surface area is 373 Å². The second kappa shape index (κ2) is 47.4. The smallest absolute Gasteiger partial charge is 0.457 e. The molecule has 0 aromatic heterocycles. The van der Waals surface area contributed by atoms with E-state index in [0.717, 1.165) is 83.5 Å². The Morgan fingerprint density at radius 3 is 1.41 bits per heavy atom. The second-order valence-corrected chi connectivity index (χ2v) is 17.5. The number of phosphoric acid groups is 1. The van der Waals surface area contributed by atoms with Crippen LogP contribution in [0.3, 0.4) is 0 Å². The summed E-state index contributed by atoms with van der Waals surface area (Å²) in [6.07, 6.45) is 57.2. The Kier molecular flexibility index (Phi) is 45.7. The lowest BCUT2D eigenvalue weighted by Gasteiger charge is -2.20. The molecule has 0 spiro atoms. The summed E-state index contributed by atoms with van der Waals surface area (Å²) < 4.78 is 33.5. The van der Waals surface area contributed by atoms with E-state index in [1.165, 1.54) is 89.9 Å². The van der Waals surface area contributed by atoms with E-state index in [0.29, 0.717) is 13.0 Å². The van der Waals surface area contributed by atoms with Crippen molar-refractivity contribution in [3.63, 3.8) is 0 Å². The molecule has 0 saturated carbocycles. The molecule has 9 nitrogen and oxygen atoms in total. The van der Waals surface area contributed by atoms with Gasteiger partial charge in [-0.3, -0.25) is 13.8 Å². The van der Waals surface area contributed by atoms with Gasteiger partial charge in [0.15, 0.2) is 0 Å². The molecule has 0 amide bonds. The number of allylic oxidation sites excluding steroid dienone is 12. The number of phosphoric ester groups is 1. The summed E-state index contributed by atoms with van der Waals surface area (Å²) in [4.78, 5) is 22.6. The number of ether oxygens (including phenoxy) is 2. The van der Waals surface area contributed by atoms with Crippen LogP contribution in [-0.2, 0) is 27.9 Å². The molecule has 3 unspecified atom stereocenters. The molecule has 0 aliphatic rings. The highest BCUT2D eigenvalue weighted by molar-refractivity contribution is 7.47. The van der Waals surface area contributed by atoms with Crippen LogP contribution in [-0.4, -0.2) is 66.3 Å². The Balaban J connectivity index is 4.11. The monoisotopic (exact) mass is 879 g/mol. The minimum Gasteiger partial charge on any atom is -0.457 e. The number of carbonyl (C=O) groups is 1. The summed E-state index contributed by atoms with van der Waals surface area (Å²) in [5.41, 5.74) is 0. The fraction of sp³-hybridized carbons (Fsp3) is 0.745. The van der Waals surface area contributed by atoms with Gasteiger partial charge in [0.2, 0.25) is 0 Å². The SMILES string of the molecule is CC/C=C\C/C=C\C/C=C\C/C=C\CCCCCCCCCCCCCOCC(COP(=O)(O)OCC(O)CO)OC(=O)CCCCCCC/C=C\C/C=C\CCCCCC. The highest BCUT2D eigenvalue weighted by atomic mass is 31.2. The van der Waals surface area contributed by atoms with Crippen LogP contribution >= 0.6 is 7.82 Å². The zero-order chi connectivity index (χ0) is 44.6. The maximum Gasteiger partial charge on any atom is 0.472 e. The van der Waals surface area contributed by atoms with Crippen LogP contribution in [0.5, 0.6) is 0 Å². The van der Waals surface area contributed by atoms with E-state index in [4.69, 9.17) is 23.6 Å². The quantitative estimate of drug-likeness (QED) is 0.0237. The van der Waals surface area contributed by atoms with Gasteiger partial charge in [-0.25, -0.2) is 4.57 Å². The van der Waals surface area contributed by atoms with Crippen molar-refractivity contribution in [3.05, 3.63) is 72.9 Å². The van der Waals surface area contributed by atoms with Gasteiger partial charge in [0, 0.05) is 13.0 Å². The first-order valence-corrected chi connectivity index (χ1v) is 25.9. The molecule has 0 heterocycles. The van der Waals surface area contributed by atoms with Gasteiger partial charge in [-0.05, 0) is 83.5 Å². The number of hydrogen-bond acceptors (Lipinski definition) is 8.